The highest BCUT2D eigenvalue weighted by molar-refractivity contribution is 5.72. The van der Waals surface area contributed by atoms with E-state index in [0.29, 0.717) is 19.3 Å². The van der Waals surface area contributed by atoms with Crippen molar-refractivity contribution in [1.29, 1.82) is 0 Å². The van der Waals surface area contributed by atoms with Gasteiger partial charge in [0.2, 0.25) is 0 Å². The number of quaternary nitrogens is 1. The maximum atomic E-state index is 12.8. The van der Waals surface area contributed by atoms with Gasteiger partial charge in [-0.1, -0.05) is 181 Å². The lowest BCUT2D eigenvalue weighted by molar-refractivity contribution is -0.887. The van der Waals surface area contributed by atoms with Crippen LogP contribution in [0.15, 0.2) is 109 Å². The smallest absolute Gasteiger partial charge is 0.362 e. The van der Waals surface area contributed by atoms with Crippen molar-refractivity contribution in [3.8, 4) is 0 Å². The number of ether oxygens (including phenoxy) is 3. The van der Waals surface area contributed by atoms with Crippen molar-refractivity contribution in [3.05, 3.63) is 109 Å². The van der Waals surface area contributed by atoms with Crippen molar-refractivity contribution >= 4 is 17.9 Å². The number of carboxylic acid groups (broad SMARTS) is 1. The van der Waals surface area contributed by atoms with Gasteiger partial charge in [-0.15, -0.1) is 0 Å². The van der Waals surface area contributed by atoms with E-state index in [1.54, 1.807) is 0 Å². The number of carbonyl (C=O) groups excluding carboxylic acids is 2. The first-order valence-electron chi connectivity index (χ1n) is 25.9. The number of hydrogen-bond acceptors (Lipinski definition) is 6. The maximum absolute atomic E-state index is 12.8. The van der Waals surface area contributed by atoms with Crippen molar-refractivity contribution in [1.82, 2.24) is 0 Å². The number of likely N-dealkylation sites (N-methyl/N-ethyl adjacent to an activating group) is 1. The lowest BCUT2D eigenvalue weighted by atomic mass is 10.0. The van der Waals surface area contributed by atoms with E-state index in [9.17, 15) is 19.5 Å². The summed E-state index contributed by atoms with van der Waals surface area (Å²) in [7, 11) is 5.51. The molecular weight excluding hydrogens is 823 g/mol. The van der Waals surface area contributed by atoms with Crippen LogP contribution in [0, 0.1) is 0 Å². The Hall–Kier alpha value is -4.01. The normalized spacial score (nSPS) is 13.8. The molecule has 0 aromatic heterocycles. The average Bonchev–Trinajstić information content (AvgIpc) is 3.28. The van der Waals surface area contributed by atoms with Crippen LogP contribution in [0.5, 0.6) is 0 Å². The third kappa shape index (κ3) is 45.2. The number of esters is 2. The monoisotopic (exact) mass is 919 g/mol. The Balaban J connectivity index is 4.32. The minimum Gasteiger partial charge on any atom is -0.477 e. The van der Waals surface area contributed by atoms with Crippen molar-refractivity contribution < 1.29 is 38.2 Å². The summed E-state index contributed by atoms with van der Waals surface area (Å²) in [5.41, 5.74) is 0. The van der Waals surface area contributed by atoms with E-state index in [-0.39, 0.29) is 36.2 Å². The Morgan fingerprint density at radius 2 is 0.803 bits per heavy atom. The van der Waals surface area contributed by atoms with Gasteiger partial charge in [0.1, 0.15) is 6.61 Å². The summed E-state index contributed by atoms with van der Waals surface area (Å²) in [4.78, 5) is 37.2. The van der Waals surface area contributed by atoms with Crippen LogP contribution in [0.25, 0.3) is 0 Å². The second kappa shape index (κ2) is 47.5. The molecule has 0 amide bonds. The predicted molar refractivity (Wildman–Crippen MR) is 279 cm³/mol. The van der Waals surface area contributed by atoms with Crippen LogP contribution in [0.4, 0.5) is 0 Å². The number of carboxylic acids is 1. The van der Waals surface area contributed by atoms with Crippen LogP contribution in [0.1, 0.15) is 187 Å². The topological polar surface area (TPSA) is 99.1 Å². The molecule has 8 heteroatoms. The number of rotatable bonds is 45. The Kier molecular flexibility index (Phi) is 44.6. The first-order chi connectivity index (χ1) is 32.1. The highest BCUT2D eigenvalue weighted by Crippen LogP contribution is 2.14. The summed E-state index contributed by atoms with van der Waals surface area (Å²) in [5, 5.41) is 9.66. The van der Waals surface area contributed by atoms with Crippen LogP contribution in [0.2, 0.25) is 0 Å². The zero-order chi connectivity index (χ0) is 48.4. The fourth-order valence-corrected chi connectivity index (χ4v) is 6.99. The van der Waals surface area contributed by atoms with Gasteiger partial charge >= 0.3 is 17.9 Å². The molecule has 66 heavy (non-hydrogen) atoms. The quantitative estimate of drug-likeness (QED) is 0.0281. The van der Waals surface area contributed by atoms with Crippen LogP contribution in [0.3, 0.4) is 0 Å². The summed E-state index contributed by atoms with van der Waals surface area (Å²) >= 11 is 0. The van der Waals surface area contributed by atoms with Crippen molar-refractivity contribution in [2.45, 2.75) is 199 Å². The Bertz CT molecular complexity index is 1440. The third-order valence-electron chi connectivity index (χ3n) is 10.9. The van der Waals surface area contributed by atoms with E-state index in [2.05, 4.69) is 123 Å². The van der Waals surface area contributed by atoms with Gasteiger partial charge in [0.25, 0.3) is 0 Å². The molecule has 0 bridgehead atoms. The van der Waals surface area contributed by atoms with Crippen LogP contribution in [-0.4, -0.2) is 80.6 Å². The van der Waals surface area contributed by atoms with Crippen LogP contribution < -0.4 is 0 Å². The molecule has 374 valence electrons. The fourth-order valence-electron chi connectivity index (χ4n) is 6.99. The van der Waals surface area contributed by atoms with E-state index in [1.807, 2.05) is 21.1 Å². The molecule has 2 atom stereocenters. The summed E-state index contributed by atoms with van der Waals surface area (Å²) in [6.45, 7) is 4.46. The van der Waals surface area contributed by atoms with Gasteiger partial charge in [-0.05, 0) is 96.3 Å². The molecule has 1 N–H and O–H groups in total. The minimum absolute atomic E-state index is 0.0418. The molecule has 0 aliphatic carbocycles. The molecule has 0 saturated heterocycles. The van der Waals surface area contributed by atoms with Gasteiger partial charge in [-0.2, -0.15) is 0 Å². The molecule has 0 aromatic rings. The van der Waals surface area contributed by atoms with E-state index in [4.69, 9.17) is 14.2 Å². The zero-order valence-corrected chi connectivity index (χ0v) is 42.6. The highest BCUT2D eigenvalue weighted by atomic mass is 16.6. The number of unbranched alkanes of at least 4 members (excludes halogenated alkanes) is 13. The molecule has 0 aromatic carbocycles. The summed E-state index contributed by atoms with van der Waals surface area (Å²) in [6.07, 6.45) is 65.7. The van der Waals surface area contributed by atoms with E-state index in [0.717, 1.165) is 109 Å². The second-order valence-corrected chi connectivity index (χ2v) is 18.0. The molecular formula is C58H96NO7+. The molecule has 0 aliphatic heterocycles. The molecule has 0 fully saturated rings. The van der Waals surface area contributed by atoms with Gasteiger partial charge < -0.3 is 23.8 Å². The SMILES string of the molecule is CC/C=C/C/C=C/C/C=C/C/C=C/C/C=C/CCCCCC(=O)OCC(COCCC(C(=O)O)[N+](C)(C)C)OC(=O)CCCCCCCCCCCC/C=C/C/C=C/C/C=C/C/C=C/CC. The highest BCUT2D eigenvalue weighted by Gasteiger charge is 2.31. The van der Waals surface area contributed by atoms with Gasteiger partial charge in [0, 0.05) is 19.3 Å². The molecule has 0 rings (SSSR count). The predicted octanol–water partition coefficient (Wildman–Crippen LogP) is 15.2. The summed E-state index contributed by atoms with van der Waals surface area (Å²) < 4.78 is 17.3. The van der Waals surface area contributed by atoms with Gasteiger partial charge in [0.05, 0.1) is 34.4 Å². The number of aliphatic carboxylic acids is 1. The van der Waals surface area contributed by atoms with Gasteiger partial charge in [-0.3, -0.25) is 9.59 Å². The first kappa shape index (κ1) is 62.0. The molecule has 0 aliphatic rings. The lowest BCUT2D eigenvalue weighted by Gasteiger charge is -2.31. The average molecular weight is 919 g/mol. The third-order valence-corrected chi connectivity index (χ3v) is 10.9. The molecule has 0 spiro atoms. The zero-order valence-electron chi connectivity index (χ0n) is 42.6. The van der Waals surface area contributed by atoms with E-state index in [1.165, 1.54) is 44.9 Å². The van der Waals surface area contributed by atoms with Gasteiger partial charge in [-0.25, -0.2) is 4.79 Å². The molecule has 2 unspecified atom stereocenters. The van der Waals surface area contributed by atoms with E-state index < -0.39 is 18.1 Å². The van der Waals surface area contributed by atoms with Gasteiger partial charge in [0.15, 0.2) is 12.1 Å². The number of nitrogens with zero attached hydrogens (tertiary/aromatic N) is 1. The Morgan fingerprint density at radius 3 is 1.20 bits per heavy atom. The van der Waals surface area contributed by atoms with Crippen LogP contribution in [-0.2, 0) is 28.6 Å². The number of hydrogen-bond donors (Lipinski definition) is 1. The fraction of sp³-hybridized carbons (Fsp3) is 0.638. The molecule has 8 nitrogen and oxygen atoms in total. The molecule has 0 radical (unpaired) electrons. The largest absolute Gasteiger partial charge is 0.477 e. The summed E-state index contributed by atoms with van der Waals surface area (Å²) in [6, 6.07) is -0.628. The lowest BCUT2D eigenvalue weighted by Crippen LogP contribution is -2.50. The van der Waals surface area contributed by atoms with Crippen molar-refractivity contribution in [2.75, 3.05) is 41.0 Å². The Labute approximate surface area is 404 Å². The van der Waals surface area contributed by atoms with E-state index >= 15 is 0 Å². The van der Waals surface area contributed by atoms with Crippen LogP contribution >= 0.6 is 0 Å². The number of carbonyl (C=O) groups is 3. The first-order valence-corrected chi connectivity index (χ1v) is 25.9. The Morgan fingerprint density at radius 1 is 0.455 bits per heavy atom. The maximum Gasteiger partial charge on any atom is 0.362 e. The summed E-state index contributed by atoms with van der Waals surface area (Å²) in [5.74, 6) is -1.52. The molecule has 0 heterocycles. The van der Waals surface area contributed by atoms with Crippen molar-refractivity contribution in [3.63, 3.8) is 0 Å². The minimum atomic E-state index is -0.884. The standard InChI is InChI=1S/C58H95NO7/c1-6-8-10-12-14-16-18-20-22-24-26-27-28-29-31-33-35-37-39-41-43-45-47-49-57(61)66-54(52-64-51-50-55(58(62)63)59(3,4)5)53-65-56(60)48-46-44-42-40-38-36-34-32-30-25-23-21-19-17-15-13-11-9-7-2/h8-11,14-17,20-23,26-27,30,32,36,38,54-55H,6-7,12-13,18-19,24-25,28-29,31,33-35,37,39-53H2,1-5H3/p+1/b10-8+,11-9+,16-14+,17-15+,22-20+,23-21+,27-26+,32-30+,38-36+. The van der Waals surface area contributed by atoms with Crippen molar-refractivity contribution in [2.24, 2.45) is 0 Å². The number of allylic oxidation sites excluding steroid dienone is 18. The second-order valence-electron chi connectivity index (χ2n) is 18.0. The molecule has 0 saturated carbocycles.